The van der Waals surface area contributed by atoms with Gasteiger partial charge in [-0.3, -0.25) is 0 Å². The number of aromatic nitrogens is 3. The van der Waals surface area contributed by atoms with Crippen molar-refractivity contribution in [2.24, 2.45) is 7.05 Å². The molecule has 5 heteroatoms. The summed E-state index contributed by atoms with van der Waals surface area (Å²) in [5.41, 5.74) is 2.59. The highest BCUT2D eigenvalue weighted by Crippen LogP contribution is 2.22. The fourth-order valence-electron chi connectivity index (χ4n) is 1.86. The maximum atomic E-state index is 10.5. The number of carbonyl (C=O) groups is 1. The van der Waals surface area contributed by atoms with Crippen LogP contribution in [-0.4, -0.2) is 25.6 Å². The van der Waals surface area contributed by atoms with E-state index in [4.69, 9.17) is 5.11 Å². The van der Waals surface area contributed by atoms with Crippen LogP contribution in [0.2, 0.25) is 0 Å². The summed E-state index contributed by atoms with van der Waals surface area (Å²) >= 11 is 0. The largest absolute Gasteiger partial charge is 0.478 e. The average molecular weight is 231 g/mol. The fraction of sp³-hybridized carbons (Fsp3) is 0.250. The first kappa shape index (κ1) is 11.3. The Kier molecular flexibility index (Phi) is 2.91. The Morgan fingerprint density at radius 1 is 1.53 bits per heavy atom. The minimum Gasteiger partial charge on any atom is -0.478 e. The van der Waals surface area contributed by atoms with Crippen LogP contribution in [0.25, 0.3) is 17.1 Å². The summed E-state index contributed by atoms with van der Waals surface area (Å²) in [4.78, 5) is 19.0. The zero-order valence-corrected chi connectivity index (χ0v) is 9.71. The highest BCUT2D eigenvalue weighted by Gasteiger charge is 2.10. The first-order valence-corrected chi connectivity index (χ1v) is 5.33. The van der Waals surface area contributed by atoms with Crippen molar-refractivity contribution in [1.82, 2.24) is 14.5 Å². The molecule has 0 atom stereocenters. The zero-order valence-electron chi connectivity index (χ0n) is 9.71. The maximum absolute atomic E-state index is 10.5. The summed E-state index contributed by atoms with van der Waals surface area (Å²) in [5, 5.41) is 9.58. The van der Waals surface area contributed by atoms with Crippen LogP contribution in [0, 0.1) is 0 Å². The lowest BCUT2D eigenvalue weighted by Gasteiger charge is -1.99. The van der Waals surface area contributed by atoms with Gasteiger partial charge in [-0.1, -0.05) is 6.92 Å². The first-order chi connectivity index (χ1) is 8.13. The molecule has 2 aromatic rings. The van der Waals surface area contributed by atoms with Crippen molar-refractivity contribution in [3.8, 4) is 0 Å². The normalized spacial score (nSPS) is 11.4. The molecule has 0 radical (unpaired) electrons. The quantitative estimate of drug-likeness (QED) is 0.815. The molecule has 2 rings (SSSR count). The second kappa shape index (κ2) is 4.37. The van der Waals surface area contributed by atoms with Crippen molar-refractivity contribution in [3.05, 3.63) is 29.9 Å². The number of fused-ring (bicyclic) bond motifs is 1. The number of carboxylic acid groups (broad SMARTS) is 1. The summed E-state index contributed by atoms with van der Waals surface area (Å²) in [5.74, 6) is -0.961. The van der Waals surface area contributed by atoms with E-state index in [1.54, 1.807) is 6.08 Å². The van der Waals surface area contributed by atoms with Gasteiger partial charge in [0.1, 0.15) is 12.0 Å². The highest BCUT2D eigenvalue weighted by atomic mass is 16.4. The Bertz CT molecular complexity index is 599. The molecule has 2 heterocycles. The third-order valence-electron chi connectivity index (χ3n) is 2.60. The average Bonchev–Trinajstić information content (AvgIpc) is 2.64. The molecule has 17 heavy (non-hydrogen) atoms. The molecular weight excluding hydrogens is 218 g/mol. The predicted octanol–water partition coefficient (Wildman–Crippen LogP) is 1.63. The zero-order chi connectivity index (χ0) is 12.4. The number of hydrogen-bond acceptors (Lipinski definition) is 3. The SMILES string of the molecule is CCc1ncnc2c1c(/C=C/C(=O)O)cn2C. The standard InChI is InChI=1S/C12H13N3O2/c1-3-9-11-8(4-5-10(16)17)6-15(2)12(11)14-7-13-9/h4-7H,3H2,1-2H3,(H,16,17)/b5-4+. The third-order valence-corrected chi connectivity index (χ3v) is 2.60. The van der Waals surface area contributed by atoms with Gasteiger partial charge in [0.15, 0.2) is 0 Å². The van der Waals surface area contributed by atoms with E-state index in [0.29, 0.717) is 0 Å². The van der Waals surface area contributed by atoms with Gasteiger partial charge in [-0.05, 0) is 12.5 Å². The first-order valence-electron chi connectivity index (χ1n) is 5.33. The van der Waals surface area contributed by atoms with Gasteiger partial charge >= 0.3 is 5.97 Å². The van der Waals surface area contributed by atoms with Crippen molar-refractivity contribution in [3.63, 3.8) is 0 Å². The lowest BCUT2D eigenvalue weighted by molar-refractivity contribution is -0.131. The van der Waals surface area contributed by atoms with Crippen molar-refractivity contribution < 1.29 is 9.90 Å². The van der Waals surface area contributed by atoms with Gasteiger partial charge in [0, 0.05) is 30.3 Å². The fourth-order valence-corrected chi connectivity index (χ4v) is 1.86. The van der Waals surface area contributed by atoms with Gasteiger partial charge in [-0.15, -0.1) is 0 Å². The minimum absolute atomic E-state index is 0.789. The lowest BCUT2D eigenvalue weighted by atomic mass is 10.1. The second-order valence-corrected chi connectivity index (χ2v) is 3.74. The third kappa shape index (κ3) is 2.04. The molecule has 0 saturated heterocycles. The maximum Gasteiger partial charge on any atom is 0.328 e. The predicted molar refractivity (Wildman–Crippen MR) is 64.6 cm³/mol. The Morgan fingerprint density at radius 2 is 2.29 bits per heavy atom. The second-order valence-electron chi connectivity index (χ2n) is 3.74. The van der Waals surface area contributed by atoms with E-state index in [1.807, 2.05) is 24.7 Å². The number of carboxylic acids is 1. The Hall–Kier alpha value is -2.17. The van der Waals surface area contributed by atoms with Crippen LogP contribution >= 0.6 is 0 Å². The van der Waals surface area contributed by atoms with Crippen LogP contribution in [0.1, 0.15) is 18.2 Å². The molecule has 0 aliphatic heterocycles. The summed E-state index contributed by atoms with van der Waals surface area (Å²) in [7, 11) is 1.88. The molecule has 0 aromatic carbocycles. The molecule has 0 aliphatic rings. The van der Waals surface area contributed by atoms with Gasteiger partial charge in [0.2, 0.25) is 0 Å². The smallest absolute Gasteiger partial charge is 0.328 e. The van der Waals surface area contributed by atoms with Crippen molar-refractivity contribution >= 4 is 23.1 Å². The van der Waals surface area contributed by atoms with Gasteiger partial charge in [0.05, 0.1) is 5.69 Å². The number of aliphatic carboxylic acids is 1. The molecule has 2 aromatic heterocycles. The lowest BCUT2D eigenvalue weighted by Crippen LogP contribution is -1.93. The van der Waals surface area contributed by atoms with Gasteiger partial charge in [-0.2, -0.15) is 0 Å². The van der Waals surface area contributed by atoms with Crippen molar-refractivity contribution in [2.45, 2.75) is 13.3 Å². The van der Waals surface area contributed by atoms with E-state index in [2.05, 4.69) is 9.97 Å². The van der Waals surface area contributed by atoms with Gasteiger partial charge < -0.3 is 9.67 Å². The van der Waals surface area contributed by atoms with Crippen LogP contribution < -0.4 is 0 Å². The summed E-state index contributed by atoms with van der Waals surface area (Å²) < 4.78 is 1.87. The number of hydrogen-bond donors (Lipinski definition) is 1. The summed E-state index contributed by atoms with van der Waals surface area (Å²) in [6.45, 7) is 2.01. The van der Waals surface area contributed by atoms with E-state index in [9.17, 15) is 4.79 Å². The molecule has 0 fully saturated rings. The molecule has 0 spiro atoms. The van der Waals surface area contributed by atoms with E-state index in [-0.39, 0.29) is 0 Å². The molecule has 5 nitrogen and oxygen atoms in total. The van der Waals surface area contributed by atoms with Crippen LogP contribution in [-0.2, 0) is 18.3 Å². The van der Waals surface area contributed by atoms with Gasteiger partial charge in [-0.25, -0.2) is 14.8 Å². The van der Waals surface area contributed by atoms with Crippen LogP contribution in [0.5, 0.6) is 0 Å². The van der Waals surface area contributed by atoms with Crippen LogP contribution in [0.15, 0.2) is 18.6 Å². The molecule has 0 aliphatic carbocycles. The van der Waals surface area contributed by atoms with E-state index in [1.165, 1.54) is 6.33 Å². The Morgan fingerprint density at radius 3 is 2.94 bits per heavy atom. The van der Waals surface area contributed by atoms with E-state index >= 15 is 0 Å². The number of rotatable bonds is 3. The number of aryl methyl sites for hydroxylation is 2. The molecule has 1 N–H and O–H groups in total. The summed E-state index contributed by atoms with van der Waals surface area (Å²) in [6, 6.07) is 0. The van der Waals surface area contributed by atoms with Crippen molar-refractivity contribution in [2.75, 3.05) is 0 Å². The Balaban J connectivity index is 2.67. The molecule has 0 amide bonds. The molecule has 88 valence electrons. The highest BCUT2D eigenvalue weighted by molar-refractivity contribution is 5.93. The van der Waals surface area contributed by atoms with Gasteiger partial charge in [0.25, 0.3) is 0 Å². The minimum atomic E-state index is -0.961. The van der Waals surface area contributed by atoms with Crippen molar-refractivity contribution in [1.29, 1.82) is 0 Å². The molecule has 0 unspecified atom stereocenters. The molecule has 0 saturated carbocycles. The summed E-state index contributed by atoms with van der Waals surface area (Å²) in [6.07, 6.45) is 6.88. The van der Waals surface area contributed by atoms with E-state index < -0.39 is 5.97 Å². The topological polar surface area (TPSA) is 68.0 Å². The van der Waals surface area contributed by atoms with E-state index in [0.717, 1.165) is 34.8 Å². The van der Waals surface area contributed by atoms with Crippen LogP contribution in [0.3, 0.4) is 0 Å². The van der Waals surface area contributed by atoms with Crippen LogP contribution in [0.4, 0.5) is 0 Å². The Labute approximate surface area is 98.4 Å². The monoisotopic (exact) mass is 231 g/mol. The number of nitrogens with zero attached hydrogens (tertiary/aromatic N) is 3. The molecule has 0 bridgehead atoms. The molecular formula is C12H13N3O2.